The molecule has 3 N–H and O–H groups in total. The van der Waals surface area contributed by atoms with Crippen LogP contribution in [-0.2, 0) is 22.6 Å². The number of ketones is 1. The van der Waals surface area contributed by atoms with Gasteiger partial charge in [-0.2, -0.15) is 0 Å². The Bertz CT molecular complexity index is 1680. The summed E-state index contributed by atoms with van der Waals surface area (Å²) in [6.07, 6.45) is 6.37. The number of benzene rings is 2. The number of aromatic hydroxyl groups is 1. The first-order valence-corrected chi connectivity index (χ1v) is 16.9. The molecule has 1 aliphatic heterocycles. The minimum absolute atomic E-state index is 0.0576. The quantitative estimate of drug-likeness (QED) is 0.140. The number of aromatic nitrogens is 2. The van der Waals surface area contributed by atoms with E-state index < -0.39 is 0 Å². The summed E-state index contributed by atoms with van der Waals surface area (Å²) in [6.45, 7) is 1.34. The molecule has 10 heteroatoms. The number of aryl methyl sites for hydroxylation is 1. The Kier molecular flexibility index (Phi) is 10.6. The zero-order valence-electron chi connectivity index (χ0n) is 27.4. The van der Waals surface area contributed by atoms with Crippen LogP contribution in [0.25, 0.3) is 33.6 Å². The number of pyridine rings is 2. The summed E-state index contributed by atoms with van der Waals surface area (Å²) >= 11 is 7.04. The maximum Gasteiger partial charge on any atom is 0.220 e. The van der Waals surface area contributed by atoms with Crippen LogP contribution >= 0.6 is 11.6 Å². The highest BCUT2D eigenvalue weighted by Crippen LogP contribution is 2.43. The lowest BCUT2D eigenvalue weighted by Crippen LogP contribution is -2.25. The average molecular weight is 669 g/mol. The Morgan fingerprint density at radius 2 is 1.52 bits per heavy atom. The van der Waals surface area contributed by atoms with Crippen molar-refractivity contribution in [1.29, 1.82) is 0 Å². The van der Waals surface area contributed by atoms with E-state index in [2.05, 4.69) is 10.6 Å². The third-order valence-corrected chi connectivity index (χ3v) is 9.73. The zero-order chi connectivity index (χ0) is 33.6. The first-order chi connectivity index (χ1) is 23.3. The highest BCUT2D eigenvalue weighted by atomic mass is 35.5. The molecule has 2 fully saturated rings. The van der Waals surface area contributed by atoms with Crippen LogP contribution in [0.3, 0.4) is 0 Å². The smallest absolute Gasteiger partial charge is 0.220 e. The molecule has 1 saturated carbocycles. The highest BCUT2D eigenvalue weighted by molar-refractivity contribution is 6.36. The van der Waals surface area contributed by atoms with Gasteiger partial charge in [-0.15, -0.1) is 0 Å². The standard InChI is InChI=1S/C38H41ClN4O5/c1-47-37-24(6-3-7-26-15-19-34(45)41-26)13-17-32(42-37)30-10-4-8-28(35(30)39)29-9-5-11-31(36(29)46)33-18-14-25(38(43-33)48-2)22-40-21-23-12-16-27(44)20-23/h4-5,8-11,13-14,17-18,23,26,40,46H,3,6-7,12,15-16,19-22H2,1-2H3,(H,41,45)/t23-,26-/m1/s1. The normalized spacial score (nSPS) is 17.5. The lowest BCUT2D eigenvalue weighted by Gasteiger charge is -2.16. The van der Waals surface area contributed by atoms with Crippen molar-refractivity contribution >= 4 is 23.3 Å². The van der Waals surface area contributed by atoms with Crippen LogP contribution in [0.5, 0.6) is 17.5 Å². The number of ether oxygens (including phenoxy) is 2. The molecule has 2 aromatic carbocycles. The number of methoxy groups -OCH3 is 2. The van der Waals surface area contributed by atoms with E-state index in [0.717, 1.165) is 55.3 Å². The Hall–Kier alpha value is -4.47. The maximum absolute atomic E-state index is 11.6. The van der Waals surface area contributed by atoms with Gasteiger partial charge in [-0.05, 0) is 62.8 Å². The van der Waals surface area contributed by atoms with Crippen LogP contribution in [0.1, 0.15) is 56.1 Å². The minimum Gasteiger partial charge on any atom is -0.507 e. The summed E-state index contributed by atoms with van der Waals surface area (Å²) in [6, 6.07) is 19.2. The molecule has 0 spiro atoms. The molecule has 0 radical (unpaired) electrons. The molecular weight excluding hydrogens is 628 g/mol. The number of Topliss-reactive ketones (excluding diaryl/α,β-unsaturated/α-hetero) is 1. The van der Waals surface area contributed by atoms with E-state index in [0.29, 0.717) is 82.4 Å². The van der Waals surface area contributed by atoms with Crippen LogP contribution in [-0.4, -0.2) is 53.6 Å². The van der Waals surface area contributed by atoms with Crippen molar-refractivity contribution in [2.75, 3.05) is 20.8 Å². The number of hydrogen-bond donors (Lipinski definition) is 3. The van der Waals surface area contributed by atoms with Crippen molar-refractivity contribution in [3.63, 3.8) is 0 Å². The molecule has 4 aromatic rings. The maximum atomic E-state index is 11.6. The van der Waals surface area contributed by atoms with Crippen LogP contribution in [0, 0.1) is 5.92 Å². The predicted molar refractivity (Wildman–Crippen MR) is 186 cm³/mol. The molecule has 250 valence electrons. The van der Waals surface area contributed by atoms with E-state index in [1.807, 2.05) is 60.7 Å². The molecule has 6 rings (SSSR count). The lowest BCUT2D eigenvalue weighted by molar-refractivity contribution is -0.119. The van der Waals surface area contributed by atoms with Gasteiger partial charge in [-0.3, -0.25) is 9.59 Å². The summed E-state index contributed by atoms with van der Waals surface area (Å²) in [5.41, 5.74) is 5.63. The number of para-hydroxylation sites is 1. The number of nitrogens with one attached hydrogen (secondary N) is 2. The molecule has 1 aliphatic carbocycles. The van der Waals surface area contributed by atoms with Gasteiger partial charge in [0.15, 0.2) is 0 Å². The Labute approximate surface area is 286 Å². The Morgan fingerprint density at radius 1 is 0.854 bits per heavy atom. The van der Waals surface area contributed by atoms with Crippen molar-refractivity contribution < 1.29 is 24.2 Å². The second kappa shape index (κ2) is 15.2. The van der Waals surface area contributed by atoms with Gasteiger partial charge in [0.1, 0.15) is 11.5 Å². The topological polar surface area (TPSA) is 123 Å². The van der Waals surface area contributed by atoms with E-state index in [1.165, 1.54) is 0 Å². The Morgan fingerprint density at radius 3 is 2.21 bits per heavy atom. The molecule has 3 heterocycles. The number of amides is 1. The van der Waals surface area contributed by atoms with E-state index in [4.69, 9.17) is 31.0 Å². The van der Waals surface area contributed by atoms with Crippen molar-refractivity contribution in [1.82, 2.24) is 20.6 Å². The van der Waals surface area contributed by atoms with Gasteiger partial charge in [0.2, 0.25) is 17.7 Å². The monoisotopic (exact) mass is 668 g/mol. The van der Waals surface area contributed by atoms with E-state index in [9.17, 15) is 14.7 Å². The molecule has 1 amide bonds. The second-order valence-electron chi connectivity index (χ2n) is 12.6. The lowest BCUT2D eigenvalue weighted by atomic mass is 9.96. The minimum atomic E-state index is 0.0576. The third-order valence-electron chi connectivity index (χ3n) is 9.32. The number of rotatable bonds is 13. The van der Waals surface area contributed by atoms with Crippen molar-refractivity contribution in [3.05, 3.63) is 76.8 Å². The molecular formula is C38H41ClN4O5. The molecule has 0 bridgehead atoms. The molecule has 2 atom stereocenters. The summed E-state index contributed by atoms with van der Waals surface area (Å²) in [5.74, 6) is 1.92. The molecule has 0 unspecified atom stereocenters. The number of phenolic OH excluding ortho intramolecular Hbond substituents is 1. The number of carbonyl (C=O) groups is 2. The van der Waals surface area contributed by atoms with E-state index >= 15 is 0 Å². The molecule has 2 aliphatic rings. The number of carbonyl (C=O) groups excluding carboxylic acids is 2. The van der Waals surface area contributed by atoms with Gasteiger partial charge in [0.05, 0.1) is 30.6 Å². The molecule has 1 saturated heterocycles. The SMILES string of the molecule is COc1nc(-c2cccc(-c3cccc(-c4ccc(CCC[C@@H]5CCC(=O)N5)c(OC)n4)c3Cl)c2O)ccc1CNC[C@@H]1CCC(=O)C1. The van der Waals surface area contributed by atoms with Crippen molar-refractivity contribution in [3.8, 4) is 51.2 Å². The first-order valence-electron chi connectivity index (χ1n) is 16.6. The van der Waals surface area contributed by atoms with E-state index in [1.54, 1.807) is 14.2 Å². The van der Waals surface area contributed by atoms with Gasteiger partial charge < -0.3 is 25.2 Å². The fraction of sp³-hybridized carbons (Fsp3) is 0.368. The molecule has 9 nitrogen and oxygen atoms in total. The van der Waals surface area contributed by atoms with Crippen molar-refractivity contribution in [2.24, 2.45) is 5.92 Å². The van der Waals surface area contributed by atoms with Gasteiger partial charge in [0, 0.05) is 65.2 Å². The van der Waals surface area contributed by atoms with Crippen LogP contribution in [0.15, 0.2) is 60.7 Å². The first kappa shape index (κ1) is 33.4. The van der Waals surface area contributed by atoms with Crippen LogP contribution in [0.4, 0.5) is 0 Å². The third kappa shape index (κ3) is 7.48. The van der Waals surface area contributed by atoms with E-state index in [-0.39, 0.29) is 17.7 Å². The van der Waals surface area contributed by atoms with Gasteiger partial charge in [-0.1, -0.05) is 54.1 Å². The molecule has 2 aromatic heterocycles. The number of hydrogen-bond acceptors (Lipinski definition) is 8. The van der Waals surface area contributed by atoms with Gasteiger partial charge in [-0.25, -0.2) is 9.97 Å². The molecule has 48 heavy (non-hydrogen) atoms. The fourth-order valence-corrected chi connectivity index (χ4v) is 7.06. The largest absolute Gasteiger partial charge is 0.507 e. The van der Waals surface area contributed by atoms with Gasteiger partial charge >= 0.3 is 0 Å². The zero-order valence-corrected chi connectivity index (χ0v) is 28.1. The Balaban J connectivity index is 1.20. The summed E-state index contributed by atoms with van der Waals surface area (Å²) in [5, 5.41) is 18.5. The number of halogens is 1. The predicted octanol–water partition coefficient (Wildman–Crippen LogP) is 6.91. The highest BCUT2D eigenvalue weighted by Gasteiger charge is 2.23. The van der Waals surface area contributed by atoms with Crippen LogP contribution in [0.2, 0.25) is 5.02 Å². The summed E-state index contributed by atoms with van der Waals surface area (Å²) < 4.78 is 11.3. The number of phenols is 1. The van der Waals surface area contributed by atoms with Crippen molar-refractivity contribution in [2.45, 2.75) is 64.0 Å². The number of nitrogens with zero attached hydrogens (tertiary/aromatic N) is 2. The average Bonchev–Trinajstić information content (AvgIpc) is 3.72. The van der Waals surface area contributed by atoms with Gasteiger partial charge in [0.25, 0.3) is 0 Å². The second-order valence-corrected chi connectivity index (χ2v) is 13.0. The van der Waals surface area contributed by atoms with Crippen LogP contribution < -0.4 is 20.1 Å². The fourth-order valence-electron chi connectivity index (χ4n) is 6.73. The summed E-state index contributed by atoms with van der Waals surface area (Å²) in [4.78, 5) is 32.7. The summed E-state index contributed by atoms with van der Waals surface area (Å²) in [7, 11) is 3.19.